The largest absolute Gasteiger partial charge is 0.329 e. The maximum absolute atomic E-state index is 12.4. The maximum Gasteiger partial charge on any atom is 0.231 e. The van der Waals surface area contributed by atoms with Gasteiger partial charge in [-0.3, -0.25) is 9.59 Å². The van der Waals surface area contributed by atoms with Crippen molar-refractivity contribution in [2.24, 2.45) is 11.1 Å². The molecule has 0 heterocycles. The van der Waals surface area contributed by atoms with Crippen molar-refractivity contribution in [1.82, 2.24) is 0 Å². The number of carbonyl (C=O) groups is 2. The number of hydrogen-bond acceptors (Lipinski definition) is 3. The van der Waals surface area contributed by atoms with Gasteiger partial charge >= 0.3 is 0 Å². The van der Waals surface area contributed by atoms with Crippen LogP contribution in [0.15, 0.2) is 24.3 Å². The molecule has 1 aromatic rings. The van der Waals surface area contributed by atoms with Gasteiger partial charge in [-0.15, -0.1) is 0 Å². The molecular weight excluding hydrogens is 266 g/mol. The molecule has 0 saturated heterocycles. The van der Waals surface area contributed by atoms with E-state index >= 15 is 0 Å². The number of carbonyl (C=O) groups excluding carboxylic acids is 2. The summed E-state index contributed by atoms with van der Waals surface area (Å²) in [6, 6.07) is 7.16. The molecule has 1 saturated carbocycles. The lowest BCUT2D eigenvalue weighted by molar-refractivity contribution is -0.124. The van der Waals surface area contributed by atoms with E-state index in [1.165, 1.54) is 0 Å². The fourth-order valence-electron chi connectivity index (χ4n) is 2.73. The molecule has 0 atom stereocenters. The standard InChI is InChI=1S/C16H23N3O2/c1-2-14(20)18-12-5-7-13(8-6-12)19-15(21)16(11-17)9-3-4-10-16/h5-8H,2-4,9-11,17H2,1H3,(H,18,20)(H,19,21). The number of anilines is 2. The molecule has 4 N–H and O–H groups in total. The van der Waals surface area contributed by atoms with Crippen molar-refractivity contribution < 1.29 is 9.59 Å². The fraction of sp³-hybridized carbons (Fsp3) is 0.500. The molecule has 21 heavy (non-hydrogen) atoms. The lowest BCUT2D eigenvalue weighted by Crippen LogP contribution is -2.40. The number of amides is 2. The second kappa shape index (κ2) is 6.72. The van der Waals surface area contributed by atoms with Gasteiger partial charge in [0.25, 0.3) is 0 Å². The highest BCUT2D eigenvalue weighted by Crippen LogP contribution is 2.38. The van der Waals surface area contributed by atoms with E-state index in [1.807, 2.05) is 0 Å². The van der Waals surface area contributed by atoms with Crippen LogP contribution < -0.4 is 16.4 Å². The van der Waals surface area contributed by atoms with Gasteiger partial charge in [-0.05, 0) is 37.1 Å². The van der Waals surface area contributed by atoms with Crippen molar-refractivity contribution in [2.45, 2.75) is 39.0 Å². The summed E-state index contributed by atoms with van der Waals surface area (Å²) in [6.07, 6.45) is 4.29. The van der Waals surface area contributed by atoms with E-state index in [9.17, 15) is 9.59 Å². The lowest BCUT2D eigenvalue weighted by atomic mass is 9.85. The lowest BCUT2D eigenvalue weighted by Gasteiger charge is -2.25. The highest BCUT2D eigenvalue weighted by Gasteiger charge is 2.39. The summed E-state index contributed by atoms with van der Waals surface area (Å²) in [5.74, 6) is -0.0207. The first-order valence-electron chi connectivity index (χ1n) is 7.51. The summed E-state index contributed by atoms with van der Waals surface area (Å²) >= 11 is 0. The van der Waals surface area contributed by atoms with Crippen molar-refractivity contribution in [3.63, 3.8) is 0 Å². The van der Waals surface area contributed by atoms with E-state index in [0.29, 0.717) is 13.0 Å². The number of nitrogens with two attached hydrogens (primary N) is 1. The van der Waals surface area contributed by atoms with E-state index in [4.69, 9.17) is 5.73 Å². The van der Waals surface area contributed by atoms with Gasteiger partial charge in [0.05, 0.1) is 5.41 Å². The molecule has 0 unspecified atom stereocenters. The second-order valence-corrected chi connectivity index (χ2v) is 5.62. The molecule has 0 aromatic heterocycles. The van der Waals surface area contributed by atoms with Crippen LogP contribution in [-0.2, 0) is 9.59 Å². The monoisotopic (exact) mass is 289 g/mol. The van der Waals surface area contributed by atoms with E-state index in [1.54, 1.807) is 31.2 Å². The zero-order valence-corrected chi connectivity index (χ0v) is 12.4. The predicted octanol–water partition coefficient (Wildman–Crippen LogP) is 2.49. The minimum Gasteiger partial charge on any atom is -0.329 e. The van der Waals surface area contributed by atoms with Crippen molar-refractivity contribution in [1.29, 1.82) is 0 Å². The Kier molecular flexibility index (Phi) is 4.96. The molecule has 0 aliphatic heterocycles. The predicted molar refractivity (Wildman–Crippen MR) is 83.9 cm³/mol. The molecule has 1 aliphatic rings. The molecule has 2 rings (SSSR count). The summed E-state index contributed by atoms with van der Waals surface area (Å²) < 4.78 is 0. The molecule has 5 nitrogen and oxygen atoms in total. The van der Waals surface area contributed by atoms with Gasteiger partial charge in [0.2, 0.25) is 11.8 Å². The van der Waals surface area contributed by atoms with Crippen LogP contribution in [0, 0.1) is 5.41 Å². The van der Waals surface area contributed by atoms with Crippen molar-refractivity contribution in [3.8, 4) is 0 Å². The summed E-state index contributed by atoms with van der Waals surface area (Å²) in [7, 11) is 0. The SMILES string of the molecule is CCC(=O)Nc1ccc(NC(=O)C2(CN)CCCC2)cc1. The number of benzene rings is 1. The number of rotatable bonds is 5. The first-order chi connectivity index (χ1) is 10.1. The smallest absolute Gasteiger partial charge is 0.231 e. The van der Waals surface area contributed by atoms with Crippen LogP contribution in [-0.4, -0.2) is 18.4 Å². The van der Waals surface area contributed by atoms with Crippen LogP contribution in [0.1, 0.15) is 39.0 Å². The third-order valence-electron chi connectivity index (χ3n) is 4.18. The zero-order chi connectivity index (χ0) is 15.3. The van der Waals surface area contributed by atoms with Crippen molar-refractivity contribution in [2.75, 3.05) is 17.2 Å². The molecule has 1 fully saturated rings. The van der Waals surface area contributed by atoms with Crippen LogP contribution >= 0.6 is 0 Å². The second-order valence-electron chi connectivity index (χ2n) is 5.62. The molecule has 1 aliphatic carbocycles. The van der Waals surface area contributed by atoms with Gasteiger partial charge in [-0.2, -0.15) is 0 Å². The van der Waals surface area contributed by atoms with Crippen LogP contribution in [0.2, 0.25) is 0 Å². The van der Waals surface area contributed by atoms with Gasteiger partial charge in [0, 0.05) is 24.3 Å². The van der Waals surface area contributed by atoms with Gasteiger partial charge in [0.1, 0.15) is 0 Å². The normalized spacial score (nSPS) is 16.5. The third kappa shape index (κ3) is 3.61. The van der Waals surface area contributed by atoms with Gasteiger partial charge < -0.3 is 16.4 Å². The van der Waals surface area contributed by atoms with Crippen molar-refractivity contribution in [3.05, 3.63) is 24.3 Å². The third-order valence-corrected chi connectivity index (χ3v) is 4.18. The van der Waals surface area contributed by atoms with E-state index in [-0.39, 0.29) is 11.8 Å². The van der Waals surface area contributed by atoms with E-state index in [2.05, 4.69) is 10.6 Å². The minimum atomic E-state index is -0.408. The van der Waals surface area contributed by atoms with Gasteiger partial charge in [0.15, 0.2) is 0 Å². The molecule has 114 valence electrons. The summed E-state index contributed by atoms with van der Waals surface area (Å²) in [5.41, 5.74) is 6.86. The highest BCUT2D eigenvalue weighted by molar-refractivity contribution is 5.96. The first kappa shape index (κ1) is 15.5. The van der Waals surface area contributed by atoms with E-state index in [0.717, 1.165) is 37.1 Å². The average Bonchev–Trinajstić information content (AvgIpc) is 2.99. The van der Waals surface area contributed by atoms with Crippen LogP contribution in [0.5, 0.6) is 0 Å². The fourth-order valence-corrected chi connectivity index (χ4v) is 2.73. The Hall–Kier alpha value is -1.88. The molecule has 0 bridgehead atoms. The molecule has 5 heteroatoms. The quantitative estimate of drug-likeness (QED) is 0.778. The summed E-state index contributed by atoms with van der Waals surface area (Å²) in [5, 5.41) is 5.71. The molecule has 0 radical (unpaired) electrons. The Bertz CT molecular complexity index is 505. The Balaban J connectivity index is 1.99. The summed E-state index contributed by atoms with van der Waals surface area (Å²) in [4.78, 5) is 23.7. The minimum absolute atomic E-state index is 0.00726. The number of nitrogens with one attached hydrogen (secondary N) is 2. The highest BCUT2D eigenvalue weighted by atomic mass is 16.2. The zero-order valence-electron chi connectivity index (χ0n) is 12.4. The maximum atomic E-state index is 12.4. The van der Waals surface area contributed by atoms with Crippen LogP contribution in [0.25, 0.3) is 0 Å². The first-order valence-corrected chi connectivity index (χ1v) is 7.51. The number of hydrogen-bond donors (Lipinski definition) is 3. The van der Waals surface area contributed by atoms with Crippen LogP contribution in [0.3, 0.4) is 0 Å². The van der Waals surface area contributed by atoms with Crippen LogP contribution in [0.4, 0.5) is 11.4 Å². The topological polar surface area (TPSA) is 84.2 Å². The Morgan fingerprint density at radius 2 is 1.62 bits per heavy atom. The Morgan fingerprint density at radius 3 is 2.10 bits per heavy atom. The van der Waals surface area contributed by atoms with Gasteiger partial charge in [-0.25, -0.2) is 0 Å². The molecular formula is C16H23N3O2. The van der Waals surface area contributed by atoms with Crippen molar-refractivity contribution >= 4 is 23.2 Å². The summed E-state index contributed by atoms with van der Waals surface area (Å²) in [6.45, 7) is 2.20. The molecule has 1 aromatic carbocycles. The van der Waals surface area contributed by atoms with E-state index < -0.39 is 5.41 Å². The Labute approximate surface area is 125 Å². The molecule has 2 amide bonds. The van der Waals surface area contributed by atoms with Gasteiger partial charge in [-0.1, -0.05) is 19.8 Å². The average molecular weight is 289 g/mol. The molecule has 0 spiro atoms. The Morgan fingerprint density at radius 1 is 1.10 bits per heavy atom.